The smallest absolute Gasteiger partial charge is 0.308 e. The maximum absolute atomic E-state index is 10.8. The fourth-order valence-electron chi connectivity index (χ4n) is 1.79. The lowest BCUT2D eigenvalue weighted by molar-refractivity contribution is -0.136. The molecule has 1 aromatic carbocycles. The van der Waals surface area contributed by atoms with Gasteiger partial charge in [-0.2, -0.15) is 0 Å². The lowest BCUT2D eigenvalue weighted by Crippen LogP contribution is -2.00. The van der Waals surface area contributed by atoms with E-state index in [1.807, 2.05) is 31.2 Å². The van der Waals surface area contributed by atoms with Gasteiger partial charge in [0.1, 0.15) is 10.8 Å². The monoisotopic (exact) mass is 277 g/mol. The normalized spacial score (nSPS) is 10.4. The van der Waals surface area contributed by atoms with Gasteiger partial charge in [-0.15, -0.1) is 11.3 Å². The molecule has 0 bridgehead atoms. The lowest BCUT2D eigenvalue weighted by atomic mass is 10.2. The van der Waals surface area contributed by atoms with Crippen LogP contribution in [0.1, 0.15) is 17.5 Å². The fourth-order valence-corrected chi connectivity index (χ4v) is 2.94. The van der Waals surface area contributed by atoms with Crippen molar-refractivity contribution in [3.63, 3.8) is 0 Å². The highest BCUT2D eigenvalue weighted by Crippen LogP contribution is 2.30. The maximum Gasteiger partial charge on any atom is 0.308 e. The minimum absolute atomic E-state index is 0.0387. The van der Waals surface area contributed by atoms with Gasteiger partial charge in [-0.05, 0) is 30.7 Å². The molecule has 0 amide bonds. The first kappa shape index (κ1) is 13.5. The number of rotatable bonds is 5. The van der Waals surface area contributed by atoms with Crippen molar-refractivity contribution in [3.8, 4) is 16.3 Å². The Morgan fingerprint density at radius 2 is 2.05 bits per heavy atom. The molecule has 0 aliphatic carbocycles. The van der Waals surface area contributed by atoms with Gasteiger partial charge in [0.2, 0.25) is 0 Å². The van der Waals surface area contributed by atoms with Gasteiger partial charge >= 0.3 is 5.97 Å². The summed E-state index contributed by atoms with van der Waals surface area (Å²) in [7, 11) is 1.62. The van der Waals surface area contributed by atoms with E-state index in [2.05, 4.69) is 4.98 Å². The highest BCUT2D eigenvalue weighted by Gasteiger charge is 2.13. The minimum atomic E-state index is -0.820. The second kappa shape index (κ2) is 5.84. The Hall–Kier alpha value is -1.88. The van der Waals surface area contributed by atoms with Gasteiger partial charge in [0.25, 0.3) is 0 Å². The molecule has 0 aliphatic rings. The Bertz CT molecular complexity index is 575. The van der Waals surface area contributed by atoms with Crippen molar-refractivity contribution >= 4 is 17.3 Å². The summed E-state index contributed by atoms with van der Waals surface area (Å²) in [5.74, 6) is -0.0265. The van der Waals surface area contributed by atoms with Crippen LogP contribution in [0, 0.1) is 0 Å². The van der Waals surface area contributed by atoms with Crippen molar-refractivity contribution in [2.45, 2.75) is 19.8 Å². The SMILES string of the molecule is CCc1nc(-c2ccc(OC)cc2)sc1CC(=O)O. The van der Waals surface area contributed by atoms with Gasteiger partial charge in [0.05, 0.1) is 19.2 Å². The third-order valence-corrected chi connectivity index (χ3v) is 3.91. The molecule has 1 aromatic heterocycles. The van der Waals surface area contributed by atoms with Gasteiger partial charge < -0.3 is 9.84 Å². The van der Waals surface area contributed by atoms with Crippen LogP contribution >= 0.6 is 11.3 Å². The average molecular weight is 277 g/mol. The summed E-state index contributed by atoms with van der Waals surface area (Å²) < 4.78 is 5.11. The van der Waals surface area contributed by atoms with Crippen LogP contribution in [0.2, 0.25) is 0 Å². The Balaban J connectivity index is 2.33. The lowest BCUT2D eigenvalue weighted by Gasteiger charge is -2.00. The van der Waals surface area contributed by atoms with E-state index in [1.165, 1.54) is 11.3 Å². The maximum atomic E-state index is 10.8. The zero-order chi connectivity index (χ0) is 13.8. The predicted octanol–water partition coefficient (Wildman–Crippen LogP) is 3.01. The van der Waals surface area contributed by atoms with E-state index >= 15 is 0 Å². The molecule has 0 spiro atoms. The highest BCUT2D eigenvalue weighted by molar-refractivity contribution is 7.15. The molecular formula is C14H15NO3S. The number of aryl methyl sites for hydroxylation is 1. The first-order chi connectivity index (χ1) is 9.13. The summed E-state index contributed by atoms with van der Waals surface area (Å²) in [4.78, 5) is 16.2. The second-order valence-corrected chi connectivity index (χ2v) is 5.13. The molecule has 0 fully saturated rings. The Morgan fingerprint density at radius 1 is 1.37 bits per heavy atom. The van der Waals surface area contributed by atoms with Gasteiger partial charge in [-0.3, -0.25) is 4.79 Å². The molecule has 1 N–H and O–H groups in total. The van der Waals surface area contributed by atoms with Crippen LogP contribution in [0.15, 0.2) is 24.3 Å². The molecule has 4 nitrogen and oxygen atoms in total. The van der Waals surface area contributed by atoms with Crippen molar-refractivity contribution in [1.82, 2.24) is 4.98 Å². The molecule has 0 saturated heterocycles. The van der Waals surface area contributed by atoms with Crippen LogP contribution in [0.25, 0.3) is 10.6 Å². The van der Waals surface area contributed by atoms with Crippen molar-refractivity contribution in [1.29, 1.82) is 0 Å². The van der Waals surface area contributed by atoms with E-state index in [0.717, 1.165) is 33.3 Å². The minimum Gasteiger partial charge on any atom is -0.497 e. The number of hydrogen-bond donors (Lipinski definition) is 1. The van der Waals surface area contributed by atoms with Crippen molar-refractivity contribution in [2.75, 3.05) is 7.11 Å². The molecule has 2 rings (SSSR count). The zero-order valence-corrected chi connectivity index (χ0v) is 11.7. The molecule has 100 valence electrons. The van der Waals surface area contributed by atoms with Gasteiger partial charge in [0.15, 0.2) is 0 Å². The van der Waals surface area contributed by atoms with E-state index in [-0.39, 0.29) is 6.42 Å². The molecule has 0 aliphatic heterocycles. The summed E-state index contributed by atoms with van der Waals surface area (Å²) in [6.45, 7) is 1.98. The summed E-state index contributed by atoms with van der Waals surface area (Å²) in [5, 5.41) is 9.75. The fraction of sp³-hybridized carbons (Fsp3) is 0.286. The topological polar surface area (TPSA) is 59.4 Å². The summed E-state index contributed by atoms with van der Waals surface area (Å²) in [6.07, 6.45) is 0.784. The van der Waals surface area contributed by atoms with E-state index in [0.29, 0.717) is 0 Å². The number of aliphatic carboxylic acids is 1. The van der Waals surface area contributed by atoms with Crippen LogP contribution in [0.5, 0.6) is 5.75 Å². The van der Waals surface area contributed by atoms with Crippen LogP contribution in [-0.4, -0.2) is 23.2 Å². The molecule has 0 unspecified atom stereocenters. The average Bonchev–Trinajstić information content (AvgIpc) is 2.81. The standard InChI is InChI=1S/C14H15NO3S/c1-3-11-12(8-13(16)17)19-14(15-11)9-4-6-10(18-2)7-5-9/h4-7H,3,8H2,1-2H3,(H,16,17). The second-order valence-electron chi connectivity index (χ2n) is 4.04. The van der Waals surface area contributed by atoms with Crippen LogP contribution in [0.3, 0.4) is 0 Å². The van der Waals surface area contributed by atoms with Crippen molar-refractivity contribution in [2.24, 2.45) is 0 Å². The molecule has 0 radical (unpaired) electrons. The van der Waals surface area contributed by atoms with Gasteiger partial charge in [-0.25, -0.2) is 4.98 Å². The molecule has 19 heavy (non-hydrogen) atoms. The first-order valence-electron chi connectivity index (χ1n) is 5.98. The number of thiazole rings is 1. The molecule has 0 atom stereocenters. The largest absolute Gasteiger partial charge is 0.497 e. The molecular weight excluding hydrogens is 262 g/mol. The number of carbonyl (C=O) groups is 1. The highest BCUT2D eigenvalue weighted by atomic mass is 32.1. The number of ether oxygens (including phenoxy) is 1. The van der Waals surface area contributed by atoms with Gasteiger partial charge in [-0.1, -0.05) is 6.92 Å². The third-order valence-electron chi connectivity index (χ3n) is 2.76. The first-order valence-corrected chi connectivity index (χ1v) is 6.80. The van der Waals surface area contributed by atoms with Crippen LogP contribution in [0.4, 0.5) is 0 Å². The molecule has 0 saturated carbocycles. The van der Waals surface area contributed by atoms with E-state index in [1.54, 1.807) is 7.11 Å². The molecule has 2 aromatic rings. The van der Waals surface area contributed by atoms with Crippen molar-refractivity contribution < 1.29 is 14.6 Å². The Morgan fingerprint density at radius 3 is 2.58 bits per heavy atom. The quantitative estimate of drug-likeness (QED) is 0.912. The van der Waals surface area contributed by atoms with Gasteiger partial charge in [0, 0.05) is 10.4 Å². The van der Waals surface area contributed by atoms with E-state index < -0.39 is 5.97 Å². The number of benzene rings is 1. The molecule has 1 heterocycles. The van der Waals surface area contributed by atoms with Crippen LogP contribution in [-0.2, 0) is 17.6 Å². The Kier molecular flexibility index (Phi) is 4.16. The van der Waals surface area contributed by atoms with Crippen molar-refractivity contribution in [3.05, 3.63) is 34.8 Å². The summed E-state index contributed by atoms with van der Waals surface area (Å²) in [6, 6.07) is 7.61. The number of nitrogens with zero attached hydrogens (tertiary/aromatic N) is 1. The Labute approximate surface area is 115 Å². The number of methoxy groups -OCH3 is 1. The number of carboxylic acids is 1. The summed E-state index contributed by atoms with van der Waals surface area (Å²) >= 11 is 1.45. The van der Waals surface area contributed by atoms with E-state index in [9.17, 15) is 4.79 Å². The van der Waals surface area contributed by atoms with E-state index in [4.69, 9.17) is 9.84 Å². The predicted molar refractivity (Wildman–Crippen MR) is 74.8 cm³/mol. The van der Waals surface area contributed by atoms with Crippen LogP contribution < -0.4 is 4.74 Å². The number of carboxylic acid groups (broad SMARTS) is 1. The zero-order valence-electron chi connectivity index (χ0n) is 10.8. The summed E-state index contributed by atoms with van der Waals surface area (Å²) in [5.41, 5.74) is 1.86. The number of aromatic nitrogens is 1. The molecule has 5 heteroatoms. The number of hydrogen-bond acceptors (Lipinski definition) is 4. The third kappa shape index (κ3) is 3.12.